The first-order chi connectivity index (χ1) is 6.84. The zero-order valence-corrected chi connectivity index (χ0v) is 8.66. The third-order valence-corrected chi connectivity index (χ3v) is 2.09. The summed E-state index contributed by atoms with van der Waals surface area (Å²) in [4.78, 5) is 0. The van der Waals surface area contributed by atoms with Crippen LogP contribution >= 0.6 is 0 Å². The molecule has 0 aliphatic carbocycles. The standard InChI is InChI=1S/C12H18N2/c1-2-3-6-9-14-10-11-7-4-5-8-12(11)13/h2-5,7-8,14H,6,9-10,13H2,1H3/b3-2+. The summed E-state index contributed by atoms with van der Waals surface area (Å²) >= 11 is 0. The Morgan fingerprint density at radius 1 is 1.36 bits per heavy atom. The lowest BCUT2D eigenvalue weighted by atomic mass is 10.2. The molecule has 0 aromatic heterocycles. The van der Waals surface area contributed by atoms with E-state index in [0.717, 1.165) is 25.2 Å². The SMILES string of the molecule is C/C=C/CCNCc1ccccc1N. The van der Waals surface area contributed by atoms with Gasteiger partial charge in [0, 0.05) is 12.2 Å². The zero-order chi connectivity index (χ0) is 10.2. The number of hydrogen-bond donors (Lipinski definition) is 2. The lowest BCUT2D eigenvalue weighted by molar-refractivity contribution is 0.696. The largest absolute Gasteiger partial charge is 0.398 e. The highest BCUT2D eigenvalue weighted by atomic mass is 14.8. The molecule has 0 bridgehead atoms. The molecule has 0 saturated heterocycles. The summed E-state index contributed by atoms with van der Waals surface area (Å²) in [6.07, 6.45) is 5.29. The molecule has 3 N–H and O–H groups in total. The third-order valence-electron chi connectivity index (χ3n) is 2.09. The monoisotopic (exact) mass is 190 g/mol. The lowest BCUT2D eigenvalue weighted by Gasteiger charge is -2.05. The van der Waals surface area contributed by atoms with Gasteiger partial charge in [-0.05, 0) is 31.5 Å². The molecule has 0 amide bonds. The summed E-state index contributed by atoms with van der Waals surface area (Å²) in [5.41, 5.74) is 7.85. The smallest absolute Gasteiger partial charge is 0.0359 e. The minimum Gasteiger partial charge on any atom is -0.398 e. The molecule has 0 aliphatic rings. The van der Waals surface area contributed by atoms with Crippen LogP contribution in [0.25, 0.3) is 0 Å². The maximum atomic E-state index is 5.81. The van der Waals surface area contributed by atoms with E-state index in [0.29, 0.717) is 0 Å². The Morgan fingerprint density at radius 3 is 2.86 bits per heavy atom. The first-order valence-electron chi connectivity index (χ1n) is 5.00. The minimum atomic E-state index is 0.851. The van der Waals surface area contributed by atoms with Crippen LogP contribution in [0.1, 0.15) is 18.9 Å². The maximum absolute atomic E-state index is 5.81. The molecule has 0 atom stereocenters. The van der Waals surface area contributed by atoms with Crippen molar-refractivity contribution in [1.29, 1.82) is 0 Å². The van der Waals surface area contributed by atoms with Crippen LogP contribution in [0.3, 0.4) is 0 Å². The molecule has 0 spiro atoms. The van der Waals surface area contributed by atoms with Crippen molar-refractivity contribution >= 4 is 5.69 Å². The first kappa shape index (κ1) is 10.8. The van der Waals surface area contributed by atoms with Crippen molar-refractivity contribution in [3.8, 4) is 0 Å². The molecular formula is C12H18N2. The van der Waals surface area contributed by atoms with Crippen molar-refractivity contribution in [1.82, 2.24) is 5.32 Å². The van der Waals surface area contributed by atoms with Gasteiger partial charge in [-0.2, -0.15) is 0 Å². The number of allylic oxidation sites excluding steroid dienone is 1. The molecule has 76 valence electrons. The van der Waals surface area contributed by atoms with Crippen molar-refractivity contribution in [2.45, 2.75) is 19.9 Å². The van der Waals surface area contributed by atoms with Gasteiger partial charge in [-0.15, -0.1) is 0 Å². The van der Waals surface area contributed by atoms with Crippen molar-refractivity contribution in [2.75, 3.05) is 12.3 Å². The number of para-hydroxylation sites is 1. The van der Waals surface area contributed by atoms with Gasteiger partial charge in [0.1, 0.15) is 0 Å². The van der Waals surface area contributed by atoms with Gasteiger partial charge in [-0.3, -0.25) is 0 Å². The topological polar surface area (TPSA) is 38.0 Å². The van der Waals surface area contributed by atoms with Crippen LogP contribution in [0.4, 0.5) is 5.69 Å². The Labute approximate surface area is 85.8 Å². The van der Waals surface area contributed by atoms with Crippen LogP contribution in [0.15, 0.2) is 36.4 Å². The van der Waals surface area contributed by atoms with Crippen molar-refractivity contribution in [3.05, 3.63) is 42.0 Å². The quantitative estimate of drug-likeness (QED) is 0.425. The normalized spacial score (nSPS) is 10.9. The maximum Gasteiger partial charge on any atom is 0.0359 e. The van der Waals surface area contributed by atoms with Crippen molar-refractivity contribution in [3.63, 3.8) is 0 Å². The second-order valence-electron chi connectivity index (χ2n) is 3.23. The molecule has 0 aliphatic heterocycles. The second kappa shape index (κ2) is 6.22. The van der Waals surface area contributed by atoms with Crippen LogP contribution in [-0.4, -0.2) is 6.54 Å². The second-order valence-corrected chi connectivity index (χ2v) is 3.23. The number of hydrogen-bond acceptors (Lipinski definition) is 2. The van der Waals surface area contributed by atoms with Gasteiger partial charge in [0.15, 0.2) is 0 Å². The lowest BCUT2D eigenvalue weighted by Crippen LogP contribution is -2.15. The van der Waals surface area contributed by atoms with Crippen molar-refractivity contribution < 1.29 is 0 Å². The fraction of sp³-hybridized carbons (Fsp3) is 0.333. The summed E-state index contributed by atoms with van der Waals surface area (Å²) in [5.74, 6) is 0. The third kappa shape index (κ3) is 3.62. The summed E-state index contributed by atoms with van der Waals surface area (Å²) in [5, 5.41) is 3.35. The van der Waals surface area contributed by atoms with E-state index in [1.54, 1.807) is 0 Å². The molecule has 14 heavy (non-hydrogen) atoms. The van der Waals surface area contributed by atoms with E-state index in [-0.39, 0.29) is 0 Å². The fourth-order valence-corrected chi connectivity index (χ4v) is 1.27. The molecule has 1 aromatic carbocycles. The van der Waals surface area contributed by atoms with Gasteiger partial charge in [-0.1, -0.05) is 30.4 Å². The predicted molar refractivity (Wildman–Crippen MR) is 62.0 cm³/mol. The average molecular weight is 190 g/mol. The Morgan fingerprint density at radius 2 is 2.14 bits per heavy atom. The van der Waals surface area contributed by atoms with Gasteiger partial charge in [0.25, 0.3) is 0 Å². The molecule has 2 heteroatoms. The van der Waals surface area contributed by atoms with Gasteiger partial charge in [-0.25, -0.2) is 0 Å². The van der Waals surface area contributed by atoms with E-state index in [2.05, 4.69) is 23.5 Å². The number of nitrogen functional groups attached to an aromatic ring is 1. The Balaban J connectivity index is 2.28. The summed E-state index contributed by atoms with van der Waals surface area (Å²) in [6.45, 7) is 3.89. The van der Waals surface area contributed by atoms with Gasteiger partial charge in [0.2, 0.25) is 0 Å². The first-order valence-corrected chi connectivity index (χ1v) is 5.00. The van der Waals surface area contributed by atoms with Gasteiger partial charge < -0.3 is 11.1 Å². The van der Waals surface area contributed by atoms with E-state index >= 15 is 0 Å². The summed E-state index contributed by atoms with van der Waals surface area (Å²) in [7, 11) is 0. The predicted octanol–water partition coefficient (Wildman–Crippen LogP) is 2.32. The van der Waals surface area contributed by atoms with Crippen LogP contribution in [0.2, 0.25) is 0 Å². The molecule has 0 radical (unpaired) electrons. The summed E-state index contributed by atoms with van der Waals surface area (Å²) in [6, 6.07) is 7.96. The Bertz CT molecular complexity index is 292. The highest BCUT2D eigenvalue weighted by molar-refractivity contribution is 5.46. The number of rotatable bonds is 5. The number of nitrogens with two attached hydrogens (primary N) is 1. The molecular weight excluding hydrogens is 172 g/mol. The van der Waals surface area contributed by atoms with E-state index in [1.807, 2.05) is 25.1 Å². The van der Waals surface area contributed by atoms with Crippen LogP contribution in [0.5, 0.6) is 0 Å². The highest BCUT2D eigenvalue weighted by Crippen LogP contribution is 2.09. The molecule has 0 saturated carbocycles. The van der Waals surface area contributed by atoms with Crippen LogP contribution in [-0.2, 0) is 6.54 Å². The average Bonchev–Trinajstić information content (AvgIpc) is 2.20. The van der Waals surface area contributed by atoms with Gasteiger partial charge >= 0.3 is 0 Å². The van der Waals surface area contributed by atoms with Crippen LogP contribution in [0, 0.1) is 0 Å². The molecule has 1 aromatic rings. The van der Waals surface area contributed by atoms with E-state index in [1.165, 1.54) is 5.56 Å². The highest BCUT2D eigenvalue weighted by Gasteiger charge is 1.95. The minimum absolute atomic E-state index is 0.851. The van der Waals surface area contributed by atoms with E-state index < -0.39 is 0 Å². The summed E-state index contributed by atoms with van der Waals surface area (Å²) < 4.78 is 0. The van der Waals surface area contributed by atoms with E-state index in [4.69, 9.17) is 5.73 Å². The van der Waals surface area contributed by atoms with Gasteiger partial charge in [0.05, 0.1) is 0 Å². The van der Waals surface area contributed by atoms with Crippen LogP contribution < -0.4 is 11.1 Å². The molecule has 0 unspecified atom stereocenters. The Hall–Kier alpha value is -1.28. The number of nitrogens with one attached hydrogen (secondary N) is 1. The van der Waals surface area contributed by atoms with Crippen molar-refractivity contribution in [2.24, 2.45) is 0 Å². The molecule has 0 fully saturated rings. The Kier molecular flexibility index (Phi) is 4.79. The molecule has 1 rings (SSSR count). The zero-order valence-electron chi connectivity index (χ0n) is 8.66. The fourth-order valence-electron chi connectivity index (χ4n) is 1.27. The molecule has 0 heterocycles. The number of benzene rings is 1. The number of anilines is 1. The molecule has 2 nitrogen and oxygen atoms in total. The van der Waals surface area contributed by atoms with E-state index in [9.17, 15) is 0 Å².